The second-order valence-electron chi connectivity index (χ2n) is 11.0. The smallest absolute Gasteiger partial charge is 0.129 e. The fraction of sp³-hybridized carbons (Fsp3) is 0.667. The van der Waals surface area contributed by atoms with E-state index in [2.05, 4.69) is 19.2 Å². The largest absolute Gasteiger partial charge is 0.207 e. The summed E-state index contributed by atoms with van der Waals surface area (Å²) in [5.74, 6) is 3.98. The van der Waals surface area contributed by atoms with Crippen molar-refractivity contribution in [2.45, 2.75) is 95.8 Å². The summed E-state index contributed by atoms with van der Waals surface area (Å²) in [5, 5.41) is 0. The van der Waals surface area contributed by atoms with Gasteiger partial charge in [-0.05, 0) is 130 Å². The van der Waals surface area contributed by atoms with Gasteiger partial charge in [0.2, 0.25) is 0 Å². The third-order valence-corrected chi connectivity index (χ3v) is 9.22. The van der Waals surface area contributed by atoms with E-state index in [9.17, 15) is 8.78 Å². The molecule has 0 spiro atoms. The lowest BCUT2D eigenvalue weighted by Crippen LogP contribution is -2.34. The highest BCUT2D eigenvalue weighted by Crippen LogP contribution is 2.51. The van der Waals surface area contributed by atoms with Crippen LogP contribution in [0, 0.1) is 41.2 Å². The van der Waals surface area contributed by atoms with Crippen LogP contribution in [0.2, 0.25) is 0 Å². The molecular weight excluding hydrogens is 398 g/mol. The van der Waals surface area contributed by atoms with Crippen LogP contribution in [0.15, 0.2) is 37.4 Å². The first-order valence-corrected chi connectivity index (χ1v) is 13.3. The van der Waals surface area contributed by atoms with E-state index < -0.39 is 0 Å². The number of halogens is 2. The Morgan fingerprint density at radius 3 is 1.94 bits per heavy atom. The van der Waals surface area contributed by atoms with Gasteiger partial charge in [0.15, 0.2) is 0 Å². The van der Waals surface area contributed by atoms with E-state index in [1.165, 1.54) is 64.2 Å². The second-order valence-corrected chi connectivity index (χ2v) is 11.0. The van der Waals surface area contributed by atoms with Crippen LogP contribution in [0.4, 0.5) is 8.78 Å². The summed E-state index contributed by atoms with van der Waals surface area (Å²) in [4.78, 5) is 0. The van der Waals surface area contributed by atoms with Crippen molar-refractivity contribution in [3.63, 3.8) is 0 Å². The SMILES string of the molecule is C=CCCc1c(F)cc(C2CCC3CC(C4CCC(CCC=C)CC4)CCC3C2)cc1F. The van der Waals surface area contributed by atoms with E-state index in [4.69, 9.17) is 0 Å². The van der Waals surface area contributed by atoms with Crippen LogP contribution in [0.3, 0.4) is 0 Å². The molecule has 0 aromatic heterocycles. The molecule has 0 aliphatic heterocycles. The molecule has 1 aromatic rings. The van der Waals surface area contributed by atoms with E-state index in [1.807, 2.05) is 0 Å². The first-order chi connectivity index (χ1) is 15.6. The third-order valence-electron chi connectivity index (χ3n) is 9.22. The number of hydrogen-bond donors (Lipinski definition) is 0. The molecule has 3 aliphatic carbocycles. The molecule has 176 valence electrons. The lowest BCUT2D eigenvalue weighted by molar-refractivity contribution is 0.0712. The fourth-order valence-electron chi connectivity index (χ4n) is 7.30. The van der Waals surface area contributed by atoms with Crippen LogP contribution in [-0.4, -0.2) is 0 Å². The molecular formula is C30H42F2. The number of fused-ring (bicyclic) bond motifs is 1. The monoisotopic (exact) mass is 440 g/mol. The lowest BCUT2D eigenvalue weighted by Gasteiger charge is -2.45. The van der Waals surface area contributed by atoms with Crippen molar-refractivity contribution < 1.29 is 8.78 Å². The normalized spacial score (nSPS) is 32.8. The molecule has 0 N–H and O–H groups in total. The number of allylic oxidation sites excluding steroid dienone is 2. The Kier molecular flexibility index (Phi) is 8.24. The minimum absolute atomic E-state index is 0.224. The van der Waals surface area contributed by atoms with Crippen LogP contribution in [0.5, 0.6) is 0 Å². The maximum absolute atomic E-state index is 14.6. The molecule has 0 heterocycles. The summed E-state index contributed by atoms with van der Waals surface area (Å²) in [7, 11) is 0. The molecule has 4 rings (SSSR count). The van der Waals surface area contributed by atoms with E-state index >= 15 is 0 Å². The molecule has 3 fully saturated rings. The zero-order chi connectivity index (χ0) is 22.5. The summed E-state index contributed by atoms with van der Waals surface area (Å²) in [6.45, 7) is 7.54. The average Bonchev–Trinajstić information content (AvgIpc) is 2.82. The topological polar surface area (TPSA) is 0 Å². The van der Waals surface area contributed by atoms with Gasteiger partial charge in [-0.1, -0.05) is 25.0 Å². The highest BCUT2D eigenvalue weighted by Gasteiger charge is 2.39. The van der Waals surface area contributed by atoms with Gasteiger partial charge in [-0.15, -0.1) is 13.2 Å². The average molecular weight is 441 g/mol. The summed E-state index contributed by atoms with van der Waals surface area (Å²) in [5.41, 5.74) is 1.11. The van der Waals surface area contributed by atoms with Gasteiger partial charge in [-0.3, -0.25) is 0 Å². The number of hydrogen-bond acceptors (Lipinski definition) is 0. The Hall–Kier alpha value is -1.44. The van der Waals surface area contributed by atoms with Gasteiger partial charge >= 0.3 is 0 Å². The van der Waals surface area contributed by atoms with Crippen molar-refractivity contribution in [1.82, 2.24) is 0 Å². The molecule has 0 saturated heterocycles. The molecule has 32 heavy (non-hydrogen) atoms. The molecule has 2 heteroatoms. The fourth-order valence-corrected chi connectivity index (χ4v) is 7.30. The first kappa shape index (κ1) is 23.7. The van der Waals surface area contributed by atoms with Crippen molar-refractivity contribution in [1.29, 1.82) is 0 Å². The second kappa shape index (κ2) is 11.1. The van der Waals surface area contributed by atoms with Crippen LogP contribution < -0.4 is 0 Å². The molecule has 4 unspecified atom stereocenters. The van der Waals surface area contributed by atoms with Crippen molar-refractivity contribution in [3.8, 4) is 0 Å². The van der Waals surface area contributed by atoms with E-state index in [0.717, 1.165) is 48.0 Å². The summed E-state index contributed by atoms with van der Waals surface area (Å²) >= 11 is 0. The highest BCUT2D eigenvalue weighted by atomic mass is 19.1. The van der Waals surface area contributed by atoms with Gasteiger partial charge in [-0.25, -0.2) is 8.78 Å². The Morgan fingerprint density at radius 1 is 0.719 bits per heavy atom. The predicted octanol–water partition coefficient (Wildman–Crippen LogP) is 9.16. The quantitative estimate of drug-likeness (QED) is 0.353. The van der Waals surface area contributed by atoms with Gasteiger partial charge < -0.3 is 0 Å². The minimum atomic E-state index is -0.364. The Morgan fingerprint density at radius 2 is 1.28 bits per heavy atom. The number of benzene rings is 1. The maximum Gasteiger partial charge on any atom is 0.129 e. The molecule has 1 aromatic carbocycles. The van der Waals surface area contributed by atoms with Gasteiger partial charge in [0.1, 0.15) is 11.6 Å². The van der Waals surface area contributed by atoms with E-state index in [1.54, 1.807) is 18.2 Å². The zero-order valence-corrected chi connectivity index (χ0v) is 19.8. The standard InChI is InChI=1S/C30H42F2/c1-3-5-7-21-9-11-22(12-10-21)23-13-14-25-18-26(16-15-24(25)17-23)27-19-29(31)28(8-6-4-2)30(32)20-27/h3-4,19-26H,1-2,5-18H2. The van der Waals surface area contributed by atoms with Crippen molar-refractivity contribution in [2.75, 3.05) is 0 Å². The van der Waals surface area contributed by atoms with Gasteiger partial charge in [0.25, 0.3) is 0 Å². The zero-order valence-electron chi connectivity index (χ0n) is 19.8. The van der Waals surface area contributed by atoms with E-state index in [0.29, 0.717) is 18.8 Å². The van der Waals surface area contributed by atoms with Crippen LogP contribution in [-0.2, 0) is 6.42 Å². The van der Waals surface area contributed by atoms with Gasteiger partial charge in [0.05, 0.1) is 0 Å². The Balaban J connectivity index is 1.30. The third kappa shape index (κ3) is 5.54. The summed E-state index contributed by atoms with van der Waals surface area (Å²) in [6.07, 6.45) is 20.6. The molecule has 0 bridgehead atoms. The van der Waals surface area contributed by atoms with Crippen molar-refractivity contribution in [3.05, 3.63) is 60.2 Å². The molecule has 3 aliphatic rings. The molecule has 0 amide bonds. The van der Waals surface area contributed by atoms with Crippen molar-refractivity contribution in [2.24, 2.45) is 29.6 Å². The van der Waals surface area contributed by atoms with Crippen LogP contribution >= 0.6 is 0 Å². The van der Waals surface area contributed by atoms with Gasteiger partial charge in [-0.2, -0.15) is 0 Å². The van der Waals surface area contributed by atoms with Crippen molar-refractivity contribution >= 4 is 0 Å². The van der Waals surface area contributed by atoms with Crippen LogP contribution in [0.25, 0.3) is 0 Å². The lowest BCUT2D eigenvalue weighted by atomic mass is 9.60. The van der Waals surface area contributed by atoms with Gasteiger partial charge in [0, 0.05) is 5.56 Å². The van der Waals surface area contributed by atoms with Crippen LogP contribution in [0.1, 0.15) is 101 Å². The maximum atomic E-state index is 14.6. The Labute approximate surface area is 194 Å². The Bertz CT molecular complexity index is 750. The summed E-state index contributed by atoms with van der Waals surface area (Å²) < 4.78 is 29.2. The summed E-state index contributed by atoms with van der Waals surface area (Å²) in [6, 6.07) is 3.26. The highest BCUT2D eigenvalue weighted by molar-refractivity contribution is 5.29. The molecule has 4 atom stereocenters. The molecule has 0 nitrogen and oxygen atoms in total. The number of rotatable bonds is 8. The first-order valence-electron chi connectivity index (χ1n) is 13.3. The molecule has 0 radical (unpaired) electrons. The van der Waals surface area contributed by atoms with E-state index in [-0.39, 0.29) is 17.2 Å². The minimum Gasteiger partial charge on any atom is -0.207 e. The predicted molar refractivity (Wildman–Crippen MR) is 131 cm³/mol. The molecule has 3 saturated carbocycles.